The van der Waals surface area contributed by atoms with Crippen LogP contribution in [0.15, 0.2) is 29.4 Å². The number of nitrogens with zero attached hydrogens (tertiary/aromatic N) is 1. The maximum absolute atomic E-state index is 10.3. The van der Waals surface area contributed by atoms with Gasteiger partial charge in [-0.3, -0.25) is 4.55 Å². The molecule has 1 heterocycles. The van der Waals surface area contributed by atoms with E-state index >= 15 is 0 Å². The lowest BCUT2D eigenvalue weighted by Gasteiger charge is -1.91. The Balaban J connectivity index is 0.000001000. The van der Waals surface area contributed by atoms with Crippen LogP contribution in [0, 0.1) is 0 Å². The third kappa shape index (κ3) is 2.83. The SMILES string of the molecule is Cl.O=S(=O)(O)c1ccccn1. The van der Waals surface area contributed by atoms with Gasteiger partial charge >= 0.3 is 10.1 Å². The molecule has 11 heavy (non-hydrogen) atoms. The third-order valence-corrected chi connectivity index (χ3v) is 1.67. The summed E-state index contributed by atoms with van der Waals surface area (Å²) in [5.41, 5.74) is 0. The molecule has 1 aromatic heterocycles. The van der Waals surface area contributed by atoms with Crippen molar-refractivity contribution in [2.45, 2.75) is 5.03 Å². The summed E-state index contributed by atoms with van der Waals surface area (Å²) >= 11 is 0. The fourth-order valence-electron chi connectivity index (χ4n) is 0.500. The molecule has 4 nitrogen and oxygen atoms in total. The molecule has 0 radical (unpaired) electrons. The first-order valence-electron chi connectivity index (χ1n) is 2.49. The fourth-order valence-corrected chi connectivity index (χ4v) is 0.944. The molecule has 0 aromatic carbocycles. The van der Waals surface area contributed by atoms with E-state index in [0.717, 1.165) is 0 Å². The number of rotatable bonds is 1. The molecule has 1 aromatic rings. The van der Waals surface area contributed by atoms with Crippen molar-refractivity contribution in [1.29, 1.82) is 0 Å². The van der Waals surface area contributed by atoms with E-state index in [1.165, 1.54) is 18.3 Å². The van der Waals surface area contributed by atoms with E-state index in [1.807, 2.05) is 0 Å². The van der Waals surface area contributed by atoms with Gasteiger partial charge in [0, 0.05) is 6.20 Å². The lowest BCUT2D eigenvalue weighted by atomic mass is 10.5. The summed E-state index contributed by atoms with van der Waals surface area (Å²) in [7, 11) is -4.11. The average molecular weight is 196 g/mol. The third-order valence-electron chi connectivity index (χ3n) is 0.902. The van der Waals surface area contributed by atoms with Crippen molar-refractivity contribution in [3.05, 3.63) is 24.4 Å². The molecule has 62 valence electrons. The first kappa shape index (κ1) is 10.3. The first-order valence-corrected chi connectivity index (χ1v) is 3.93. The second-order valence-corrected chi connectivity index (χ2v) is 3.01. The molecule has 0 saturated carbocycles. The zero-order chi connectivity index (χ0) is 7.61. The standard InChI is InChI=1S/C5H5NO3S.ClH/c7-10(8,9)5-3-1-2-4-6-5;/h1-4H,(H,7,8,9);1H. The van der Waals surface area contributed by atoms with Crippen molar-refractivity contribution < 1.29 is 13.0 Å². The van der Waals surface area contributed by atoms with Crippen LogP contribution in [-0.4, -0.2) is 18.0 Å². The molecular formula is C5H6ClNO3S. The highest BCUT2D eigenvalue weighted by atomic mass is 35.5. The predicted molar refractivity (Wildman–Crippen MR) is 41.3 cm³/mol. The Morgan fingerprint density at radius 1 is 1.36 bits per heavy atom. The number of halogens is 1. The normalized spacial score (nSPS) is 10.3. The highest BCUT2D eigenvalue weighted by Gasteiger charge is 2.07. The minimum atomic E-state index is -4.11. The van der Waals surface area contributed by atoms with Gasteiger partial charge in [-0.25, -0.2) is 4.98 Å². The van der Waals surface area contributed by atoms with Crippen molar-refractivity contribution in [1.82, 2.24) is 4.98 Å². The van der Waals surface area contributed by atoms with Crippen molar-refractivity contribution in [3.8, 4) is 0 Å². The lowest BCUT2D eigenvalue weighted by Crippen LogP contribution is -1.99. The van der Waals surface area contributed by atoms with Crippen LogP contribution in [0.5, 0.6) is 0 Å². The van der Waals surface area contributed by atoms with Gasteiger partial charge in [0.1, 0.15) is 0 Å². The minimum Gasteiger partial charge on any atom is -0.281 e. The Morgan fingerprint density at radius 3 is 2.27 bits per heavy atom. The maximum Gasteiger partial charge on any atom is 0.312 e. The van der Waals surface area contributed by atoms with Crippen LogP contribution in [0.2, 0.25) is 0 Å². The molecule has 1 N–H and O–H groups in total. The van der Waals surface area contributed by atoms with Crippen molar-refractivity contribution in [2.75, 3.05) is 0 Å². The van der Waals surface area contributed by atoms with Crippen LogP contribution in [0.4, 0.5) is 0 Å². The van der Waals surface area contributed by atoms with Crippen LogP contribution in [0.1, 0.15) is 0 Å². The van der Waals surface area contributed by atoms with Crippen molar-refractivity contribution >= 4 is 22.5 Å². The average Bonchev–Trinajstić information content (AvgIpc) is 1.88. The van der Waals surface area contributed by atoms with Gasteiger partial charge in [-0.2, -0.15) is 8.42 Å². The van der Waals surface area contributed by atoms with Gasteiger partial charge in [0.05, 0.1) is 0 Å². The zero-order valence-corrected chi connectivity index (χ0v) is 6.97. The van der Waals surface area contributed by atoms with Gasteiger partial charge in [0.15, 0.2) is 5.03 Å². The van der Waals surface area contributed by atoms with Gasteiger partial charge in [-0.05, 0) is 12.1 Å². The largest absolute Gasteiger partial charge is 0.312 e. The van der Waals surface area contributed by atoms with Gasteiger partial charge in [0.25, 0.3) is 0 Å². The Morgan fingerprint density at radius 2 is 2.00 bits per heavy atom. The van der Waals surface area contributed by atoms with Gasteiger partial charge in [-0.1, -0.05) is 6.07 Å². The Kier molecular flexibility index (Phi) is 3.44. The lowest BCUT2D eigenvalue weighted by molar-refractivity contribution is 0.479. The van der Waals surface area contributed by atoms with Crippen LogP contribution >= 0.6 is 12.4 Å². The summed E-state index contributed by atoms with van der Waals surface area (Å²) in [5, 5.41) is -0.324. The summed E-state index contributed by atoms with van der Waals surface area (Å²) < 4.78 is 29.1. The van der Waals surface area contributed by atoms with E-state index in [4.69, 9.17) is 4.55 Å². The number of aromatic nitrogens is 1. The molecule has 0 unspecified atom stereocenters. The molecule has 1 rings (SSSR count). The molecule has 6 heteroatoms. The number of pyridine rings is 1. The van der Waals surface area contributed by atoms with Crippen molar-refractivity contribution in [3.63, 3.8) is 0 Å². The maximum atomic E-state index is 10.3. The summed E-state index contributed by atoms with van der Waals surface area (Å²) in [6.45, 7) is 0. The van der Waals surface area contributed by atoms with Crippen molar-refractivity contribution in [2.24, 2.45) is 0 Å². The van der Waals surface area contributed by atoms with Crippen LogP contribution in [0.3, 0.4) is 0 Å². The Labute approximate surface area is 70.4 Å². The zero-order valence-electron chi connectivity index (χ0n) is 5.34. The molecule has 0 atom stereocenters. The quantitative estimate of drug-likeness (QED) is 0.672. The van der Waals surface area contributed by atoms with E-state index < -0.39 is 10.1 Å². The molecule has 0 fully saturated rings. The summed E-state index contributed by atoms with van der Waals surface area (Å²) in [6.07, 6.45) is 1.29. The van der Waals surface area contributed by atoms with E-state index in [0.29, 0.717) is 0 Å². The number of hydrogen-bond acceptors (Lipinski definition) is 3. The fraction of sp³-hybridized carbons (Fsp3) is 0. The van der Waals surface area contributed by atoms with Crippen LogP contribution in [-0.2, 0) is 10.1 Å². The first-order chi connectivity index (χ1) is 4.61. The highest BCUT2D eigenvalue weighted by molar-refractivity contribution is 7.85. The molecule has 0 aliphatic heterocycles. The second-order valence-electron chi connectivity index (χ2n) is 1.64. The molecule has 0 bridgehead atoms. The molecule has 0 saturated heterocycles. The Hall–Kier alpha value is -0.650. The minimum absolute atomic E-state index is 0. The smallest absolute Gasteiger partial charge is 0.281 e. The van der Waals surface area contributed by atoms with Gasteiger partial charge < -0.3 is 0 Å². The molecular weight excluding hydrogens is 190 g/mol. The highest BCUT2D eigenvalue weighted by Crippen LogP contribution is 2.00. The van der Waals surface area contributed by atoms with E-state index in [-0.39, 0.29) is 17.4 Å². The monoisotopic (exact) mass is 195 g/mol. The van der Waals surface area contributed by atoms with Gasteiger partial charge in [-0.15, -0.1) is 12.4 Å². The number of hydrogen-bond donors (Lipinski definition) is 1. The van der Waals surface area contributed by atoms with E-state index in [1.54, 1.807) is 6.07 Å². The molecule has 0 aliphatic carbocycles. The topological polar surface area (TPSA) is 67.3 Å². The summed E-state index contributed by atoms with van der Waals surface area (Å²) in [6, 6.07) is 4.26. The Bertz CT molecular complexity index is 310. The second kappa shape index (κ2) is 3.66. The van der Waals surface area contributed by atoms with Crippen LogP contribution < -0.4 is 0 Å². The summed E-state index contributed by atoms with van der Waals surface area (Å²) in [5.74, 6) is 0. The van der Waals surface area contributed by atoms with E-state index in [9.17, 15) is 8.42 Å². The molecule has 0 amide bonds. The van der Waals surface area contributed by atoms with E-state index in [2.05, 4.69) is 4.98 Å². The summed E-state index contributed by atoms with van der Waals surface area (Å²) in [4.78, 5) is 3.41. The van der Waals surface area contributed by atoms with Crippen LogP contribution in [0.25, 0.3) is 0 Å². The predicted octanol–water partition coefficient (Wildman–Crippen LogP) is 0.750. The van der Waals surface area contributed by atoms with Gasteiger partial charge in [0.2, 0.25) is 0 Å². The molecule has 0 spiro atoms. The molecule has 0 aliphatic rings.